The molecule has 3 aromatic rings. The molecule has 8 heteroatoms. The van der Waals surface area contributed by atoms with Gasteiger partial charge in [0.2, 0.25) is 0 Å². The van der Waals surface area contributed by atoms with Gasteiger partial charge in [-0.05, 0) is 86.8 Å². The Hall–Kier alpha value is -3.36. The minimum Gasteiger partial charge on any atom is -0.493 e. The molecule has 1 aromatic heterocycles. The average molecular weight is 545 g/mol. The number of para-hydroxylation sites is 1. The zero-order chi connectivity index (χ0) is 27.5. The van der Waals surface area contributed by atoms with Crippen LogP contribution in [-0.4, -0.2) is 57.7 Å². The largest absolute Gasteiger partial charge is 0.493 e. The molecule has 0 unspecified atom stereocenters. The number of aromatic nitrogens is 2. The fourth-order valence-electron chi connectivity index (χ4n) is 4.80. The second-order valence-corrected chi connectivity index (χ2v) is 11.7. The molecule has 5 rings (SSSR count). The van der Waals surface area contributed by atoms with Crippen LogP contribution < -0.4 is 4.74 Å². The van der Waals surface area contributed by atoms with Crippen molar-refractivity contribution in [3.05, 3.63) is 70.8 Å². The normalized spacial score (nSPS) is 20.7. The fourth-order valence-corrected chi connectivity index (χ4v) is 5.72. The van der Waals surface area contributed by atoms with Gasteiger partial charge in [0.1, 0.15) is 11.4 Å². The lowest BCUT2D eigenvalue weighted by Gasteiger charge is -2.35. The van der Waals surface area contributed by atoms with E-state index in [1.807, 2.05) is 73.3 Å². The van der Waals surface area contributed by atoms with E-state index in [-0.39, 0.29) is 18.1 Å². The SMILES string of the molecule is Cc1cc(-c2nn(-c3ccccc3)cc2/C=C2/SC(N3C[C@H](C)O[C@@H](C)C3)=NC2=O)ccc1OCCC(C)C. The van der Waals surface area contributed by atoms with Crippen LogP contribution in [-0.2, 0) is 9.53 Å². The summed E-state index contributed by atoms with van der Waals surface area (Å²) in [4.78, 5) is 20.1. The molecule has 39 heavy (non-hydrogen) atoms. The van der Waals surface area contributed by atoms with Gasteiger partial charge < -0.3 is 14.4 Å². The number of morpholine rings is 1. The van der Waals surface area contributed by atoms with E-state index < -0.39 is 0 Å². The maximum Gasteiger partial charge on any atom is 0.286 e. The first-order valence-corrected chi connectivity index (χ1v) is 14.4. The van der Waals surface area contributed by atoms with Crippen molar-refractivity contribution in [2.45, 2.75) is 53.2 Å². The van der Waals surface area contributed by atoms with Gasteiger partial charge in [-0.25, -0.2) is 4.68 Å². The molecule has 0 bridgehead atoms. The Kier molecular flexibility index (Phi) is 8.23. The molecule has 204 valence electrons. The highest BCUT2D eigenvalue weighted by Gasteiger charge is 2.31. The number of hydrogen-bond acceptors (Lipinski definition) is 6. The number of hydrogen-bond donors (Lipinski definition) is 0. The third kappa shape index (κ3) is 6.45. The molecule has 2 aliphatic heterocycles. The van der Waals surface area contributed by atoms with Crippen LogP contribution in [0.1, 0.15) is 45.2 Å². The number of nitrogens with zero attached hydrogens (tertiary/aromatic N) is 4. The summed E-state index contributed by atoms with van der Waals surface area (Å²) in [6.45, 7) is 12.7. The number of thioether (sulfide) groups is 1. The number of carbonyl (C=O) groups is 1. The lowest BCUT2D eigenvalue weighted by Crippen LogP contribution is -2.47. The second kappa shape index (κ2) is 11.8. The fraction of sp³-hybridized carbons (Fsp3) is 0.387. The first-order valence-electron chi connectivity index (χ1n) is 13.6. The predicted octanol–water partition coefficient (Wildman–Crippen LogP) is 6.35. The van der Waals surface area contributed by atoms with Crippen molar-refractivity contribution in [2.24, 2.45) is 10.9 Å². The van der Waals surface area contributed by atoms with Crippen LogP contribution in [0.4, 0.5) is 0 Å². The van der Waals surface area contributed by atoms with E-state index in [1.165, 1.54) is 11.8 Å². The van der Waals surface area contributed by atoms with Crippen molar-refractivity contribution in [2.75, 3.05) is 19.7 Å². The second-order valence-electron chi connectivity index (χ2n) is 10.7. The van der Waals surface area contributed by atoms with E-state index in [9.17, 15) is 4.79 Å². The first-order chi connectivity index (χ1) is 18.8. The van der Waals surface area contributed by atoms with Crippen LogP contribution in [0, 0.1) is 12.8 Å². The van der Waals surface area contributed by atoms with Gasteiger partial charge in [0.15, 0.2) is 5.17 Å². The minimum absolute atomic E-state index is 0.0939. The predicted molar refractivity (Wildman–Crippen MR) is 158 cm³/mol. The molecule has 0 radical (unpaired) electrons. The molecule has 1 saturated heterocycles. The zero-order valence-electron chi connectivity index (χ0n) is 23.3. The Labute approximate surface area is 234 Å². The molecule has 2 atom stereocenters. The van der Waals surface area contributed by atoms with E-state index in [4.69, 9.17) is 14.6 Å². The Balaban J connectivity index is 1.45. The summed E-state index contributed by atoms with van der Waals surface area (Å²) >= 11 is 1.42. The summed E-state index contributed by atoms with van der Waals surface area (Å²) in [5.41, 5.74) is 4.64. The molecule has 1 fully saturated rings. The Morgan fingerprint density at radius 3 is 2.56 bits per heavy atom. The van der Waals surface area contributed by atoms with E-state index in [2.05, 4.69) is 36.7 Å². The van der Waals surface area contributed by atoms with Crippen LogP contribution >= 0.6 is 11.8 Å². The molecule has 0 N–H and O–H groups in total. The van der Waals surface area contributed by atoms with Gasteiger partial charge in [0, 0.05) is 30.4 Å². The van der Waals surface area contributed by atoms with E-state index >= 15 is 0 Å². The summed E-state index contributed by atoms with van der Waals surface area (Å²) in [5, 5.41) is 5.69. The Morgan fingerprint density at radius 1 is 1.13 bits per heavy atom. The van der Waals surface area contributed by atoms with Crippen molar-refractivity contribution in [1.29, 1.82) is 0 Å². The first kappa shape index (κ1) is 27.2. The number of benzene rings is 2. The monoisotopic (exact) mass is 544 g/mol. The van der Waals surface area contributed by atoms with Gasteiger partial charge in [-0.1, -0.05) is 32.0 Å². The smallest absolute Gasteiger partial charge is 0.286 e. The van der Waals surface area contributed by atoms with Gasteiger partial charge in [0.05, 0.1) is 29.4 Å². The molecular weight excluding hydrogens is 508 g/mol. The summed E-state index contributed by atoms with van der Waals surface area (Å²) in [6, 6.07) is 16.2. The van der Waals surface area contributed by atoms with Crippen molar-refractivity contribution >= 4 is 28.9 Å². The average Bonchev–Trinajstić information content (AvgIpc) is 3.49. The number of amidine groups is 1. The minimum atomic E-state index is -0.217. The van der Waals surface area contributed by atoms with Crippen LogP contribution in [0.25, 0.3) is 23.0 Å². The molecule has 0 spiro atoms. The van der Waals surface area contributed by atoms with Crippen LogP contribution in [0.5, 0.6) is 5.75 Å². The van der Waals surface area contributed by atoms with Gasteiger partial charge in [-0.2, -0.15) is 10.1 Å². The van der Waals surface area contributed by atoms with Crippen molar-refractivity contribution < 1.29 is 14.3 Å². The van der Waals surface area contributed by atoms with Crippen molar-refractivity contribution in [1.82, 2.24) is 14.7 Å². The van der Waals surface area contributed by atoms with Gasteiger partial charge in [-0.3, -0.25) is 4.79 Å². The Bertz CT molecular complexity index is 1390. The third-order valence-corrected chi connectivity index (χ3v) is 7.79. The van der Waals surface area contributed by atoms with Crippen LogP contribution in [0.3, 0.4) is 0 Å². The quantitative estimate of drug-likeness (QED) is 0.323. The lowest BCUT2D eigenvalue weighted by molar-refractivity contribution is -0.113. The summed E-state index contributed by atoms with van der Waals surface area (Å²) in [5.74, 6) is 1.26. The number of rotatable bonds is 7. The highest BCUT2D eigenvalue weighted by Crippen LogP contribution is 2.35. The van der Waals surface area contributed by atoms with Gasteiger partial charge in [0.25, 0.3) is 5.91 Å². The number of carbonyl (C=O) groups excluding carboxylic acids is 1. The van der Waals surface area contributed by atoms with Crippen molar-refractivity contribution in [3.63, 3.8) is 0 Å². The molecule has 1 amide bonds. The van der Waals surface area contributed by atoms with Gasteiger partial charge in [-0.15, -0.1) is 0 Å². The number of amides is 1. The van der Waals surface area contributed by atoms with E-state index in [1.54, 1.807) is 0 Å². The molecule has 3 heterocycles. The standard InChI is InChI=1S/C31H36N4O3S/c1-20(2)13-14-37-27-12-11-24(15-21(27)3)29-25(19-35(33-29)26-9-7-6-8-10-26)16-28-30(36)32-31(39-28)34-17-22(4)38-23(5)18-34/h6-12,15-16,19-20,22-23H,13-14,17-18H2,1-5H3/b28-16+/t22-,23-/m0/s1. The van der Waals surface area contributed by atoms with E-state index in [0.717, 1.165) is 58.5 Å². The summed E-state index contributed by atoms with van der Waals surface area (Å²) in [7, 11) is 0. The summed E-state index contributed by atoms with van der Waals surface area (Å²) in [6.07, 6.45) is 5.09. The maximum atomic E-state index is 13.0. The molecule has 2 aliphatic rings. The number of ether oxygens (including phenoxy) is 2. The molecule has 2 aromatic carbocycles. The molecule has 7 nitrogen and oxygen atoms in total. The highest BCUT2D eigenvalue weighted by molar-refractivity contribution is 8.18. The third-order valence-electron chi connectivity index (χ3n) is 6.75. The van der Waals surface area contributed by atoms with Crippen LogP contribution in [0.2, 0.25) is 0 Å². The lowest BCUT2D eigenvalue weighted by atomic mass is 10.0. The van der Waals surface area contributed by atoms with E-state index in [0.29, 0.717) is 17.4 Å². The maximum absolute atomic E-state index is 13.0. The molecular formula is C31H36N4O3S. The van der Waals surface area contributed by atoms with Crippen LogP contribution in [0.15, 0.2) is 64.6 Å². The highest BCUT2D eigenvalue weighted by atomic mass is 32.2. The topological polar surface area (TPSA) is 69.0 Å². The van der Waals surface area contributed by atoms with Crippen molar-refractivity contribution in [3.8, 4) is 22.7 Å². The number of aryl methyl sites for hydroxylation is 1. The number of aliphatic imine (C=N–C) groups is 1. The van der Waals surface area contributed by atoms with Gasteiger partial charge >= 0.3 is 0 Å². The zero-order valence-corrected chi connectivity index (χ0v) is 24.1. The Morgan fingerprint density at radius 2 is 1.87 bits per heavy atom. The molecule has 0 saturated carbocycles. The summed E-state index contributed by atoms with van der Waals surface area (Å²) < 4.78 is 13.8. The molecule has 0 aliphatic carbocycles.